The monoisotopic (exact) mass is 386 g/mol. The Bertz CT molecular complexity index is 1760. The minimum Gasteiger partial charge on any atom is -0.456 e. The standard InChI is InChI=1S/C25H14N4O/c1-2-11-21-15(6-1)16-7-3-9-19-23(16)24-20(10-4-12-22(24)30-21)29(19)25-27-14-18-17(28-25)8-5-13-26-18/h1-14H. The molecule has 5 nitrogen and oxygen atoms in total. The molecule has 7 rings (SSSR count). The molecular weight excluding hydrogens is 372 g/mol. The van der Waals surface area contributed by atoms with Crippen LogP contribution in [0.4, 0.5) is 0 Å². The van der Waals surface area contributed by atoms with Gasteiger partial charge in [0.1, 0.15) is 16.7 Å². The van der Waals surface area contributed by atoms with Crippen molar-refractivity contribution in [1.82, 2.24) is 19.5 Å². The fourth-order valence-corrected chi connectivity index (χ4v) is 4.46. The summed E-state index contributed by atoms with van der Waals surface area (Å²) in [7, 11) is 0. The number of rotatable bonds is 1. The van der Waals surface area contributed by atoms with Crippen molar-refractivity contribution in [2.45, 2.75) is 0 Å². The van der Waals surface area contributed by atoms with Crippen molar-refractivity contribution in [2.24, 2.45) is 0 Å². The van der Waals surface area contributed by atoms with Gasteiger partial charge in [0, 0.05) is 17.0 Å². The van der Waals surface area contributed by atoms with Crippen LogP contribution in [0, 0.1) is 0 Å². The van der Waals surface area contributed by atoms with E-state index in [0.29, 0.717) is 5.95 Å². The third-order valence-corrected chi connectivity index (χ3v) is 5.71. The summed E-state index contributed by atoms with van der Waals surface area (Å²) < 4.78 is 8.49. The third kappa shape index (κ3) is 1.98. The Hall–Kier alpha value is -4.25. The summed E-state index contributed by atoms with van der Waals surface area (Å²) in [4.78, 5) is 13.8. The Balaban J connectivity index is 1.74. The number of hydrogen-bond donors (Lipinski definition) is 0. The minimum atomic E-state index is 0.624. The van der Waals surface area contributed by atoms with Crippen molar-refractivity contribution in [3.05, 3.63) is 85.2 Å². The van der Waals surface area contributed by atoms with Crippen LogP contribution in [-0.4, -0.2) is 19.5 Å². The van der Waals surface area contributed by atoms with Gasteiger partial charge in [-0.2, -0.15) is 0 Å². The molecule has 4 aromatic heterocycles. The molecule has 7 aromatic rings. The average Bonchev–Trinajstić information content (AvgIpc) is 3.06. The third-order valence-electron chi connectivity index (χ3n) is 5.71. The van der Waals surface area contributed by atoms with Crippen molar-refractivity contribution >= 4 is 54.8 Å². The molecule has 3 aromatic carbocycles. The Labute approximate surface area is 170 Å². The number of nitrogens with zero attached hydrogens (tertiary/aromatic N) is 4. The molecule has 0 N–H and O–H groups in total. The fraction of sp³-hybridized carbons (Fsp3) is 0. The van der Waals surface area contributed by atoms with Crippen LogP contribution in [0.15, 0.2) is 89.6 Å². The second kappa shape index (κ2) is 5.64. The largest absolute Gasteiger partial charge is 0.456 e. The molecule has 0 atom stereocenters. The Morgan fingerprint density at radius 1 is 0.633 bits per heavy atom. The summed E-state index contributed by atoms with van der Waals surface area (Å²) in [6.07, 6.45) is 3.53. The van der Waals surface area contributed by atoms with Crippen LogP contribution in [0.2, 0.25) is 0 Å². The zero-order chi connectivity index (χ0) is 19.7. The zero-order valence-electron chi connectivity index (χ0n) is 15.8. The molecule has 0 aliphatic heterocycles. The van der Waals surface area contributed by atoms with Crippen molar-refractivity contribution < 1.29 is 4.42 Å². The van der Waals surface area contributed by atoms with Gasteiger partial charge in [0.25, 0.3) is 0 Å². The van der Waals surface area contributed by atoms with Gasteiger partial charge in [0.2, 0.25) is 5.95 Å². The Morgan fingerprint density at radius 3 is 2.40 bits per heavy atom. The van der Waals surface area contributed by atoms with Crippen LogP contribution in [0.5, 0.6) is 0 Å². The maximum atomic E-state index is 6.38. The van der Waals surface area contributed by atoms with E-state index in [-0.39, 0.29) is 0 Å². The number of pyridine rings is 1. The number of benzene rings is 3. The molecular formula is C25H14N4O. The molecule has 30 heavy (non-hydrogen) atoms. The SMILES string of the molecule is c1cnc2cnc(-n3c4cccc5oc6ccccc6c6cccc3c6c54)nc2c1. The summed E-state index contributed by atoms with van der Waals surface area (Å²) in [6, 6.07) is 24.5. The lowest BCUT2D eigenvalue weighted by molar-refractivity contribution is 0.664. The molecule has 0 aliphatic rings. The normalized spacial score (nSPS) is 12.0. The van der Waals surface area contributed by atoms with Gasteiger partial charge < -0.3 is 4.42 Å². The van der Waals surface area contributed by atoms with Crippen molar-refractivity contribution in [3.63, 3.8) is 0 Å². The van der Waals surface area contributed by atoms with Crippen molar-refractivity contribution in [2.75, 3.05) is 0 Å². The number of para-hydroxylation sites is 1. The lowest BCUT2D eigenvalue weighted by Gasteiger charge is -2.07. The highest BCUT2D eigenvalue weighted by Gasteiger charge is 2.19. The van der Waals surface area contributed by atoms with Gasteiger partial charge in [-0.1, -0.05) is 36.4 Å². The molecule has 140 valence electrons. The first-order valence-corrected chi connectivity index (χ1v) is 9.80. The average molecular weight is 386 g/mol. The molecule has 0 saturated carbocycles. The Kier molecular flexibility index (Phi) is 2.94. The van der Waals surface area contributed by atoms with Gasteiger partial charge in [-0.3, -0.25) is 9.55 Å². The van der Waals surface area contributed by atoms with E-state index in [9.17, 15) is 0 Å². The van der Waals surface area contributed by atoms with Crippen LogP contribution in [0.3, 0.4) is 0 Å². The van der Waals surface area contributed by atoms with Crippen LogP contribution in [0.1, 0.15) is 0 Å². The number of hydrogen-bond acceptors (Lipinski definition) is 4. The molecule has 0 fully saturated rings. The second-order valence-corrected chi connectivity index (χ2v) is 7.36. The molecule has 0 saturated heterocycles. The highest BCUT2D eigenvalue weighted by Crippen LogP contribution is 2.40. The van der Waals surface area contributed by atoms with E-state index in [1.807, 2.05) is 42.5 Å². The lowest BCUT2D eigenvalue weighted by atomic mass is 10.1. The quantitative estimate of drug-likeness (QED) is 0.346. The van der Waals surface area contributed by atoms with E-state index in [2.05, 4.69) is 44.9 Å². The predicted molar refractivity (Wildman–Crippen MR) is 119 cm³/mol. The zero-order valence-corrected chi connectivity index (χ0v) is 15.8. The van der Waals surface area contributed by atoms with Gasteiger partial charge in [-0.15, -0.1) is 0 Å². The summed E-state index contributed by atoms with van der Waals surface area (Å²) in [5.41, 5.74) is 5.38. The van der Waals surface area contributed by atoms with E-state index in [1.54, 1.807) is 12.4 Å². The summed E-state index contributed by atoms with van der Waals surface area (Å²) in [5, 5.41) is 4.47. The minimum absolute atomic E-state index is 0.624. The second-order valence-electron chi connectivity index (χ2n) is 7.36. The predicted octanol–water partition coefficient (Wildman–Crippen LogP) is 6.02. The molecule has 5 heteroatoms. The molecule has 4 heterocycles. The molecule has 0 bridgehead atoms. The molecule has 0 unspecified atom stereocenters. The first-order chi connectivity index (χ1) is 14.9. The van der Waals surface area contributed by atoms with Gasteiger partial charge in [-0.25, -0.2) is 9.97 Å². The van der Waals surface area contributed by atoms with Gasteiger partial charge >= 0.3 is 0 Å². The van der Waals surface area contributed by atoms with Crippen LogP contribution in [0.25, 0.3) is 60.7 Å². The van der Waals surface area contributed by atoms with Gasteiger partial charge in [0.05, 0.1) is 28.1 Å². The number of aromatic nitrogens is 4. The molecule has 0 spiro atoms. The molecule has 0 aliphatic carbocycles. The number of fused-ring (bicyclic) bond motifs is 3. The summed E-state index contributed by atoms with van der Waals surface area (Å²) in [5.74, 6) is 0.624. The fourth-order valence-electron chi connectivity index (χ4n) is 4.46. The lowest BCUT2D eigenvalue weighted by Crippen LogP contribution is -2.01. The first-order valence-electron chi connectivity index (χ1n) is 9.80. The van der Waals surface area contributed by atoms with Crippen LogP contribution < -0.4 is 0 Å². The summed E-state index contributed by atoms with van der Waals surface area (Å²) >= 11 is 0. The van der Waals surface area contributed by atoms with E-state index >= 15 is 0 Å². The molecule has 0 amide bonds. The highest BCUT2D eigenvalue weighted by molar-refractivity contribution is 6.26. The summed E-state index contributed by atoms with van der Waals surface area (Å²) in [6.45, 7) is 0. The maximum Gasteiger partial charge on any atom is 0.235 e. The van der Waals surface area contributed by atoms with Gasteiger partial charge in [-0.05, 0) is 41.8 Å². The van der Waals surface area contributed by atoms with E-state index in [4.69, 9.17) is 9.40 Å². The van der Waals surface area contributed by atoms with Crippen LogP contribution >= 0.6 is 0 Å². The van der Waals surface area contributed by atoms with Crippen molar-refractivity contribution in [1.29, 1.82) is 0 Å². The first kappa shape index (κ1) is 15.6. The van der Waals surface area contributed by atoms with Crippen molar-refractivity contribution in [3.8, 4) is 5.95 Å². The smallest absolute Gasteiger partial charge is 0.235 e. The highest BCUT2D eigenvalue weighted by atomic mass is 16.3. The van der Waals surface area contributed by atoms with E-state index < -0.39 is 0 Å². The molecule has 0 radical (unpaired) electrons. The van der Waals surface area contributed by atoms with Crippen LogP contribution in [-0.2, 0) is 0 Å². The topological polar surface area (TPSA) is 56.7 Å². The van der Waals surface area contributed by atoms with E-state index in [1.165, 1.54) is 0 Å². The van der Waals surface area contributed by atoms with Gasteiger partial charge in [0.15, 0.2) is 0 Å². The van der Waals surface area contributed by atoms with E-state index in [0.717, 1.165) is 54.8 Å². The maximum absolute atomic E-state index is 6.38. The Morgan fingerprint density at radius 2 is 1.43 bits per heavy atom.